The first-order valence-electron chi connectivity index (χ1n) is 6.84. The largest absolute Gasteiger partial charge is 0.433 e. The lowest BCUT2D eigenvalue weighted by Crippen LogP contribution is -2.22. The smallest absolute Gasteiger partial charge is 0.299 e. The maximum atomic E-state index is 12.7. The fourth-order valence-corrected chi connectivity index (χ4v) is 2.91. The Balaban J connectivity index is 1.89. The number of hydrogen-bond acceptors (Lipinski definition) is 5. The summed E-state index contributed by atoms with van der Waals surface area (Å²) >= 11 is 0.991. The van der Waals surface area contributed by atoms with Crippen molar-refractivity contribution < 1.29 is 13.2 Å². The van der Waals surface area contributed by atoms with Crippen molar-refractivity contribution in [2.45, 2.75) is 17.1 Å². The Hall–Kier alpha value is -2.42. The van der Waals surface area contributed by atoms with E-state index in [-0.39, 0.29) is 16.5 Å². The van der Waals surface area contributed by atoms with Crippen molar-refractivity contribution in [1.82, 2.24) is 19.5 Å². The van der Waals surface area contributed by atoms with Crippen molar-refractivity contribution in [2.24, 2.45) is 7.05 Å². The second kappa shape index (κ2) is 6.23. The monoisotopic (exact) mass is 352 g/mol. The summed E-state index contributed by atoms with van der Waals surface area (Å²) in [6.07, 6.45) is -3.46. The van der Waals surface area contributed by atoms with Crippen molar-refractivity contribution in [2.75, 3.05) is 0 Å². The molecule has 0 radical (unpaired) electrons. The van der Waals surface area contributed by atoms with Crippen LogP contribution in [0.5, 0.6) is 0 Å². The number of alkyl halides is 3. The molecule has 3 aromatic rings. The Kier molecular flexibility index (Phi) is 4.27. The number of halogens is 3. The minimum Gasteiger partial charge on any atom is -0.299 e. The minimum atomic E-state index is -4.52. The normalized spacial score (nSPS) is 11.8. The fraction of sp³-hybridized carbons (Fsp3) is 0.200. The van der Waals surface area contributed by atoms with E-state index in [2.05, 4.69) is 15.0 Å². The molecule has 0 saturated heterocycles. The van der Waals surface area contributed by atoms with Gasteiger partial charge in [0.1, 0.15) is 11.5 Å². The second-order valence-corrected chi connectivity index (χ2v) is 5.86. The van der Waals surface area contributed by atoms with Crippen LogP contribution in [0.25, 0.3) is 10.9 Å². The highest BCUT2D eigenvalue weighted by atomic mass is 32.2. The molecule has 1 aromatic carbocycles. The molecule has 0 N–H and O–H groups in total. The van der Waals surface area contributed by atoms with Crippen LogP contribution in [0, 0.1) is 0 Å². The Morgan fingerprint density at radius 1 is 1.17 bits per heavy atom. The molecule has 0 amide bonds. The summed E-state index contributed by atoms with van der Waals surface area (Å²) in [5.41, 5.74) is -0.664. The lowest BCUT2D eigenvalue weighted by Gasteiger charge is -2.09. The fourth-order valence-electron chi connectivity index (χ4n) is 2.09. The molecule has 2 heterocycles. The minimum absolute atomic E-state index is 0.0211. The summed E-state index contributed by atoms with van der Waals surface area (Å²) in [6, 6.07) is 7.72. The third-order valence-corrected chi connectivity index (χ3v) is 4.19. The van der Waals surface area contributed by atoms with Crippen LogP contribution in [0.3, 0.4) is 0 Å². The van der Waals surface area contributed by atoms with E-state index in [1.807, 2.05) is 0 Å². The van der Waals surface area contributed by atoms with Gasteiger partial charge in [0.25, 0.3) is 5.56 Å². The summed E-state index contributed by atoms with van der Waals surface area (Å²) in [5, 5.41) is 0.469. The van der Waals surface area contributed by atoms with Crippen molar-refractivity contribution in [3.63, 3.8) is 0 Å². The van der Waals surface area contributed by atoms with Crippen molar-refractivity contribution >= 4 is 22.7 Å². The highest BCUT2D eigenvalue weighted by Crippen LogP contribution is 2.28. The summed E-state index contributed by atoms with van der Waals surface area (Å²) < 4.78 is 39.4. The van der Waals surface area contributed by atoms with Gasteiger partial charge in [-0.05, 0) is 18.2 Å². The van der Waals surface area contributed by atoms with Gasteiger partial charge in [-0.25, -0.2) is 15.0 Å². The molecule has 124 valence electrons. The van der Waals surface area contributed by atoms with Crippen LogP contribution in [0.4, 0.5) is 13.2 Å². The standard InChI is InChI=1S/C15H11F3N4OS/c1-22-12(20-10-5-3-2-4-9(10)13(22)23)8-24-14-19-7-6-11(21-14)15(16,17)18/h2-7H,8H2,1H3. The van der Waals surface area contributed by atoms with E-state index in [0.29, 0.717) is 16.7 Å². The molecule has 0 unspecified atom stereocenters. The van der Waals surface area contributed by atoms with Crippen LogP contribution in [0.15, 0.2) is 46.5 Å². The number of aromatic nitrogens is 4. The van der Waals surface area contributed by atoms with E-state index in [4.69, 9.17) is 0 Å². The molecule has 0 fully saturated rings. The zero-order valence-electron chi connectivity index (χ0n) is 12.4. The third-order valence-electron chi connectivity index (χ3n) is 3.33. The number of benzene rings is 1. The molecule has 3 rings (SSSR count). The Morgan fingerprint density at radius 3 is 2.67 bits per heavy atom. The van der Waals surface area contributed by atoms with Crippen LogP contribution in [0.1, 0.15) is 11.5 Å². The Morgan fingerprint density at radius 2 is 1.92 bits per heavy atom. The molecule has 0 aliphatic rings. The van der Waals surface area contributed by atoms with Gasteiger partial charge in [-0.3, -0.25) is 9.36 Å². The van der Waals surface area contributed by atoms with Gasteiger partial charge in [0.2, 0.25) is 0 Å². The van der Waals surface area contributed by atoms with E-state index >= 15 is 0 Å². The third kappa shape index (κ3) is 3.25. The van der Waals surface area contributed by atoms with Gasteiger partial charge in [-0.15, -0.1) is 0 Å². The summed E-state index contributed by atoms with van der Waals surface area (Å²) in [6.45, 7) is 0. The molecule has 0 bridgehead atoms. The first-order valence-corrected chi connectivity index (χ1v) is 7.82. The Bertz CT molecular complexity index is 955. The zero-order chi connectivity index (χ0) is 17.3. The van der Waals surface area contributed by atoms with Crippen LogP contribution < -0.4 is 5.56 Å². The molecule has 0 aliphatic heterocycles. The average molecular weight is 352 g/mol. The lowest BCUT2D eigenvalue weighted by molar-refractivity contribution is -0.141. The number of nitrogens with zero attached hydrogens (tertiary/aromatic N) is 4. The second-order valence-electron chi connectivity index (χ2n) is 4.92. The summed E-state index contributed by atoms with van der Waals surface area (Å²) in [7, 11) is 1.57. The predicted octanol–water partition coefficient (Wildman–Crippen LogP) is 3.03. The number of rotatable bonds is 3. The number of hydrogen-bond donors (Lipinski definition) is 0. The molecule has 0 saturated carbocycles. The summed E-state index contributed by atoms with van der Waals surface area (Å²) in [4.78, 5) is 24.0. The van der Waals surface area contributed by atoms with E-state index < -0.39 is 11.9 Å². The highest BCUT2D eigenvalue weighted by molar-refractivity contribution is 7.98. The first-order chi connectivity index (χ1) is 11.4. The summed E-state index contributed by atoms with van der Waals surface area (Å²) in [5.74, 6) is 0.613. The van der Waals surface area contributed by atoms with Gasteiger partial charge in [0.05, 0.1) is 16.7 Å². The number of thioether (sulfide) groups is 1. The van der Waals surface area contributed by atoms with E-state index in [0.717, 1.165) is 24.0 Å². The molecule has 0 aliphatic carbocycles. The van der Waals surface area contributed by atoms with Gasteiger partial charge < -0.3 is 0 Å². The average Bonchev–Trinajstić information content (AvgIpc) is 2.56. The van der Waals surface area contributed by atoms with Gasteiger partial charge in [0.15, 0.2) is 5.16 Å². The molecule has 2 aromatic heterocycles. The van der Waals surface area contributed by atoms with Gasteiger partial charge >= 0.3 is 6.18 Å². The maximum Gasteiger partial charge on any atom is 0.433 e. The van der Waals surface area contributed by atoms with Crippen LogP contribution in [-0.2, 0) is 19.0 Å². The van der Waals surface area contributed by atoms with E-state index in [1.165, 1.54) is 4.57 Å². The van der Waals surface area contributed by atoms with Gasteiger partial charge in [0, 0.05) is 13.2 Å². The molecular weight excluding hydrogens is 341 g/mol. The van der Waals surface area contributed by atoms with Gasteiger partial charge in [-0.1, -0.05) is 23.9 Å². The highest BCUT2D eigenvalue weighted by Gasteiger charge is 2.32. The quantitative estimate of drug-likeness (QED) is 0.536. The molecule has 0 atom stereocenters. The van der Waals surface area contributed by atoms with Crippen molar-refractivity contribution in [3.8, 4) is 0 Å². The van der Waals surface area contributed by atoms with Crippen molar-refractivity contribution in [3.05, 3.63) is 58.4 Å². The molecular formula is C15H11F3N4OS. The lowest BCUT2D eigenvalue weighted by atomic mass is 10.2. The van der Waals surface area contributed by atoms with Crippen molar-refractivity contribution in [1.29, 1.82) is 0 Å². The number of fused-ring (bicyclic) bond motifs is 1. The molecule has 24 heavy (non-hydrogen) atoms. The maximum absolute atomic E-state index is 12.7. The zero-order valence-corrected chi connectivity index (χ0v) is 13.2. The predicted molar refractivity (Wildman–Crippen MR) is 83.6 cm³/mol. The first kappa shape index (κ1) is 16.4. The SMILES string of the molecule is Cn1c(CSc2nccc(C(F)(F)F)n2)nc2ccccc2c1=O. The van der Waals surface area contributed by atoms with Crippen LogP contribution in [0.2, 0.25) is 0 Å². The molecule has 0 spiro atoms. The van der Waals surface area contributed by atoms with E-state index in [1.54, 1.807) is 31.3 Å². The molecule has 5 nitrogen and oxygen atoms in total. The topological polar surface area (TPSA) is 60.7 Å². The Labute approximate surface area is 138 Å². The molecule has 9 heteroatoms. The van der Waals surface area contributed by atoms with Crippen LogP contribution in [-0.4, -0.2) is 19.5 Å². The van der Waals surface area contributed by atoms with Crippen LogP contribution >= 0.6 is 11.8 Å². The van der Waals surface area contributed by atoms with Gasteiger partial charge in [-0.2, -0.15) is 13.2 Å². The van der Waals surface area contributed by atoms with E-state index in [9.17, 15) is 18.0 Å². The number of para-hydroxylation sites is 1.